The number of amides is 2. The zero-order chi connectivity index (χ0) is 16.7. The maximum Gasteiger partial charge on any atom is 0.248 e. The molecule has 6 heteroatoms. The maximum absolute atomic E-state index is 12.9. The molecule has 1 atom stereocenters. The van der Waals surface area contributed by atoms with Gasteiger partial charge in [-0.15, -0.1) is 0 Å². The van der Waals surface area contributed by atoms with Crippen molar-refractivity contribution in [2.24, 2.45) is 11.8 Å². The van der Waals surface area contributed by atoms with Crippen LogP contribution < -0.4 is 0 Å². The second kappa shape index (κ2) is 9.23. The highest BCUT2D eigenvalue weighted by atomic mass is 16.5. The molecule has 0 aromatic carbocycles. The largest absolute Gasteiger partial charge is 0.381 e. The van der Waals surface area contributed by atoms with E-state index in [4.69, 9.17) is 9.47 Å². The number of nitrogens with zero attached hydrogens (tertiary/aromatic N) is 2. The van der Waals surface area contributed by atoms with Crippen LogP contribution >= 0.6 is 0 Å². The van der Waals surface area contributed by atoms with Crippen molar-refractivity contribution in [1.82, 2.24) is 9.80 Å². The lowest BCUT2D eigenvalue weighted by Crippen LogP contribution is -2.48. The summed E-state index contributed by atoms with van der Waals surface area (Å²) in [5.41, 5.74) is 0. The first kappa shape index (κ1) is 18.2. The standard InChI is InChI=1S/C17H30N2O4/c1-3-18(11-14-6-9-23-10-7-14)17(21)15-5-4-8-19(12-15)16(20)13-22-2/h14-15H,3-13H2,1-2H3/t15-/m0/s1. The Balaban J connectivity index is 1.89. The molecule has 0 radical (unpaired) electrons. The summed E-state index contributed by atoms with van der Waals surface area (Å²) in [5.74, 6) is 0.665. The monoisotopic (exact) mass is 326 g/mol. The number of piperidine rings is 1. The lowest BCUT2D eigenvalue weighted by Gasteiger charge is -2.36. The lowest BCUT2D eigenvalue weighted by atomic mass is 9.94. The topological polar surface area (TPSA) is 59.1 Å². The summed E-state index contributed by atoms with van der Waals surface area (Å²) in [6.07, 6.45) is 3.83. The molecule has 2 rings (SSSR count). The van der Waals surface area contributed by atoms with E-state index in [0.717, 1.165) is 58.5 Å². The van der Waals surface area contributed by atoms with Gasteiger partial charge in [-0.25, -0.2) is 0 Å². The van der Waals surface area contributed by atoms with Crippen LogP contribution in [0.25, 0.3) is 0 Å². The molecular weight excluding hydrogens is 296 g/mol. The third-order valence-corrected chi connectivity index (χ3v) is 4.90. The Bertz CT molecular complexity index is 396. The highest BCUT2D eigenvalue weighted by molar-refractivity contribution is 5.82. The molecule has 6 nitrogen and oxygen atoms in total. The maximum atomic E-state index is 12.9. The molecule has 0 N–H and O–H groups in total. The summed E-state index contributed by atoms with van der Waals surface area (Å²) >= 11 is 0. The summed E-state index contributed by atoms with van der Waals surface area (Å²) in [6.45, 7) is 6.57. The fourth-order valence-corrected chi connectivity index (χ4v) is 3.49. The van der Waals surface area contributed by atoms with Crippen molar-refractivity contribution in [2.45, 2.75) is 32.6 Å². The van der Waals surface area contributed by atoms with Crippen LogP contribution in [0.5, 0.6) is 0 Å². The third kappa shape index (κ3) is 5.18. The van der Waals surface area contributed by atoms with Gasteiger partial charge in [0.1, 0.15) is 6.61 Å². The minimum atomic E-state index is -0.0654. The van der Waals surface area contributed by atoms with Crippen LogP contribution in [-0.4, -0.2) is 74.7 Å². The zero-order valence-corrected chi connectivity index (χ0v) is 14.5. The van der Waals surface area contributed by atoms with Crippen molar-refractivity contribution in [3.8, 4) is 0 Å². The normalized spacial score (nSPS) is 22.9. The first-order valence-corrected chi connectivity index (χ1v) is 8.79. The molecule has 0 aromatic rings. The van der Waals surface area contributed by atoms with Gasteiger partial charge < -0.3 is 19.3 Å². The van der Waals surface area contributed by atoms with Gasteiger partial charge in [0.05, 0.1) is 5.92 Å². The van der Waals surface area contributed by atoms with E-state index in [9.17, 15) is 9.59 Å². The van der Waals surface area contributed by atoms with Crippen LogP contribution in [0.2, 0.25) is 0 Å². The number of carbonyl (C=O) groups is 2. The molecule has 23 heavy (non-hydrogen) atoms. The van der Waals surface area contributed by atoms with E-state index in [1.165, 1.54) is 7.11 Å². The van der Waals surface area contributed by atoms with Crippen LogP contribution in [0.15, 0.2) is 0 Å². The van der Waals surface area contributed by atoms with Gasteiger partial charge in [-0.2, -0.15) is 0 Å². The molecule has 2 saturated heterocycles. The van der Waals surface area contributed by atoms with Crippen LogP contribution in [-0.2, 0) is 19.1 Å². The summed E-state index contributed by atoms with van der Waals surface area (Å²) in [6, 6.07) is 0. The molecular formula is C17H30N2O4. The summed E-state index contributed by atoms with van der Waals surface area (Å²) in [7, 11) is 1.52. The molecule has 0 saturated carbocycles. The van der Waals surface area contributed by atoms with E-state index in [2.05, 4.69) is 0 Å². The van der Waals surface area contributed by atoms with Gasteiger partial charge in [0, 0.05) is 46.5 Å². The Hall–Kier alpha value is -1.14. The second-order valence-electron chi connectivity index (χ2n) is 6.54. The van der Waals surface area contributed by atoms with Crippen molar-refractivity contribution < 1.29 is 19.1 Å². The van der Waals surface area contributed by atoms with E-state index < -0.39 is 0 Å². The van der Waals surface area contributed by atoms with E-state index in [-0.39, 0.29) is 24.3 Å². The van der Waals surface area contributed by atoms with Crippen molar-refractivity contribution in [3.05, 3.63) is 0 Å². The predicted octanol–water partition coefficient (Wildman–Crippen LogP) is 1.15. The van der Waals surface area contributed by atoms with E-state index in [1.807, 2.05) is 11.8 Å². The summed E-state index contributed by atoms with van der Waals surface area (Å²) in [4.78, 5) is 28.6. The summed E-state index contributed by atoms with van der Waals surface area (Å²) in [5, 5.41) is 0. The Morgan fingerprint density at radius 3 is 2.65 bits per heavy atom. The first-order valence-electron chi connectivity index (χ1n) is 8.79. The molecule has 2 aliphatic rings. The average Bonchev–Trinajstić information content (AvgIpc) is 2.60. The van der Waals surface area contributed by atoms with Gasteiger partial charge in [0.2, 0.25) is 11.8 Å². The second-order valence-corrected chi connectivity index (χ2v) is 6.54. The number of rotatable bonds is 6. The van der Waals surface area contributed by atoms with Gasteiger partial charge in [-0.3, -0.25) is 9.59 Å². The van der Waals surface area contributed by atoms with Crippen LogP contribution in [0.4, 0.5) is 0 Å². The molecule has 0 bridgehead atoms. The Morgan fingerprint density at radius 2 is 2.00 bits per heavy atom. The molecule has 132 valence electrons. The van der Waals surface area contributed by atoms with Gasteiger partial charge in [-0.1, -0.05) is 0 Å². The highest BCUT2D eigenvalue weighted by Gasteiger charge is 2.31. The van der Waals surface area contributed by atoms with E-state index in [0.29, 0.717) is 12.5 Å². The van der Waals surface area contributed by atoms with Gasteiger partial charge in [0.25, 0.3) is 0 Å². The zero-order valence-electron chi connectivity index (χ0n) is 14.5. The fourth-order valence-electron chi connectivity index (χ4n) is 3.49. The summed E-state index contributed by atoms with van der Waals surface area (Å²) < 4.78 is 10.3. The number of ether oxygens (including phenoxy) is 2. The quantitative estimate of drug-likeness (QED) is 0.735. The first-order chi connectivity index (χ1) is 11.2. The lowest BCUT2D eigenvalue weighted by molar-refractivity contribution is -0.143. The van der Waals surface area contributed by atoms with E-state index in [1.54, 1.807) is 4.90 Å². The molecule has 2 aliphatic heterocycles. The van der Waals surface area contributed by atoms with Crippen molar-refractivity contribution in [2.75, 3.05) is 53.1 Å². The predicted molar refractivity (Wildman–Crippen MR) is 87.0 cm³/mol. The minimum absolute atomic E-state index is 0.0162. The fraction of sp³-hybridized carbons (Fsp3) is 0.882. The van der Waals surface area contributed by atoms with Crippen LogP contribution in [0.1, 0.15) is 32.6 Å². The smallest absolute Gasteiger partial charge is 0.248 e. The molecule has 2 heterocycles. The molecule has 2 fully saturated rings. The number of hydrogen-bond acceptors (Lipinski definition) is 4. The SMILES string of the molecule is CCN(CC1CCOCC1)C(=O)[C@H]1CCCN(C(=O)COC)C1. The van der Waals surface area contributed by atoms with Crippen molar-refractivity contribution >= 4 is 11.8 Å². The van der Waals surface area contributed by atoms with Gasteiger partial charge in [0.15, 0.2) is 0 Å². The molecule has 2 amide bonds. The highest BCUT2D eigenvalue weighted by Crippen LogP contribution is 2.22. The van der Waals surface area contributed by atoms with Crippen LogP contribution in [0.3, 0.4) is 0 Å². The molecule has 0 aromatic heterocycles. The Morgan fingerprint density at radius 1 is 1.26 bits per heavy atom. The Kier molecular flexibility index (Phi) is 7.30. The van der Waals surface area contributed by atoms with E-state index >= 15 is 0 Å². The van der Waals surface area contributed by atoms with Crippen molar-refractivity contribution in [3.63, 3.8) is 0 Å². The average molecular weight is 326 g/mol. The number of carbonyl (C=O) groups excluding carboxylic acids is 2. The molecule has 0 aliphatic carbocycles. The number of hydrogen-bond donors (Lipinski definition) is 0. The molecule has 0 unspecified atom stereocenters. The van der Waals surface area contributed by atoms with Crippen molar-refractivity contribution in [1.29, 1.82) is 0 Å². The number of likely N-dealkylation sites (tertiary alicyclic amines) is 1. The van der Waals surface area contributed by atoms with Gasteiger partial charge >= 0.3 is 0 Å². The third-order valence-electron chi connectivity index (χ3n) is 4.90. The Labute approximate surface area is 139 Å². The number of methoxy groups -OCH3 is 1. The molecule has 0 spiro atoms. The van der Waals surface area contributed by atoms with Gasteiger partial charge in [-0.05, 0) is 38.5 Å². The minimum Gasteiger partial charge on any atom is -0.381 e. The van der Waals surface area contributed by atoms with Crippen LogP contribution in [0, 0.1) is 11.8 Å².